The molecule has 0 radical (unpaired) electrons. The second-order valence-corrected chi connectivity index (χ2v) is 8.54. The molecule has 0 aliphatic heterocycles. The monoisotopic (exact) mass is 444 g/mol. The minimum absolute atomic E-state index is 0.0592. The number of nitrogens with one attached hydrogen (secondary N) is 1. The molecule has 0 fully saturated rings. The van der Waals surface area contributed by atoms with Gasteiger partial charge >= 0.3 is 0 Å². The number of amides is 2. The summed E-state index contributed by atoms with van der Waals surface area (Å²) in [6.45, 7) is 8.90. The Morgan fingerprint density at radius 3 is 2.32 bits per heavy atom. The Bertz CT molecular complexity index is 803. The Kier molecular flexibility index (Phi) is 8.24. The van der Waals surface area contributed by atoms with Gasteiger partial charge in [-0.05, 0) is 43.0 Å². The van der Waals surface area contributed by atoms with Gasteiger partial charge in [-0.15, -0.1) is 0 Å². The fraction of sp³-hybridized carbons (Fsp3) is 0.391. The van der Waals surface area contributed by atoms with Gasteiger partial charge in [0.25, 0.3) is 0 Å². The average molecular weight is 445 g/mol. The Morgan fingerprint density at radius 1 is 1.04 bits per heavy atom. The van der Waals surface area contributed by atoms with Gasteiger partial charge in [0.1, 0.15) is 6.04 Å². The first kappa shape index (κ1) is 22.2. The third-order valence-electron chi connectivity index (χ3n) is 4.57. The molecule has 0 bridgehead atoms. The molecule has 150 valence electrons. The van der Waals surface area contributed by atoms with Crippen molar-refractivity contribution < 1.29 is 9.59 Å². The number of hydrogen-bond donors (Lipinski definition) is 1. The van der Waals surface area contributed by atoms with Gasteiger partial charge in [0.2, 0.25) is 11.8 Å². The van der Waals surface area contributed by atoms with Crippen molar-refractivity contribution in [1.82, 2.24) is 10.2 Å². The largest absolute Gasteiger partial charge is 0.354 e. The molecule has 0 saturated heterocycles. The van der Waals surface area contributed by atoms with Crippen molar-refractivity contribution in [3.8, 4) is 0 Å². The zero-order chi connectivity index (χ0) is 20.7. The minimum atomic E-state index is -0.546. The van der Waals surface area contributed by atoms with Gasteiger partial charge in [-0.2, -0.15) is 0 Å². The van der Waals surface area contributed by atoms with Crippen LogP contribution in [0.4, 0.5) is 0 Å². The van der Waals surface area contributed by atoms with Gasteiger partial charge in [0.05, 0.1) is 6.42 Å². The van der Waals surface area contributed by atoms with E-state index in [0.717, 1.165) is 21.2 Å². The van der Waals surface area contributed by atoms with Crippen LogP contribution in [0.25, 0.3) is 0 Å². The molecular formula is C23H29BrN2O2. The first-order valence-corrected chi connectivity index (χ1v) is 10.4. The van der Waals surface area contributed by atoms with E-state index >= 15 is 0 Å². The fourth-order valence-corrected chi connectivity index (χ4v) is 3.30. The van der Waals surface area contributed by atoms with E-state index in [2.05, 4.69) is 21.2 Å². The van der Waals surface area contributed by atoms with E-state index in [0.29, 0.717) is 19.0 Å². The number of nitrogens with zero attached hydrogens (tertiary/aromatic N) is 1. The minimum Gasteiger partial charge on any atom is -0.354 e. The second kappa shape index (κ2) is 10.4. The van der Waals surface area contributed by atoms with E-state index < -0.39 is 6.04 Å². The van der Waals surface area contributed by atoms with Crippen LogP contribution in [-0.2, 0) is 22.6 Å². The lowest BCUT2D eigenvalue weighted by molar-refractivity contribution is -0.140. The lowest BCUT2D eigenvalue weighted by Gasteiger charge is -2.29. The fourth-order valence-electron chi connectivity index (χ4n) is 2.85. The molecule has 1 N–H and O–H groups in total. The third kappa shape index (κ3) is 6.79. The van der Waals surface area contributed by atoms with Crippen molar-refractivity contribution in [2.75, 3.05) is 6.54 Å². The molecule has 0 spiro atoms. The molecule has 2 aromatic carbocycles. The Hall–Kier alpha value is -2.14. The van der Waals surface area contributed by atoms with E-state index in [4.69, 9.17) is 0 Å². The molecule has 2 aromatic rings. The predicted octanol–water partition coefficient (Wildman–Crippen LogP) is 4.49. The van der Waals surface area contributed by atoms with Crippen molar-refractivity contribution in [3.05, 3.63) is 69.7 Å². The number of hydrogen-bond acceptors (Lipinski definition) is 2. The quantitative estimate of drug-likeness (QED) is 0.651. The van der Waals surface area contributed by atoms with Crippen molar-refractivity contribution in [2.24, 2.45) is 5.92 Å². The average Bonchev–Trinajstić information content (AvgIpc) is 2.65. The molecule has 1 atom stereocenters. The highest BCUT2D eigenvalue weighted by molar-refractivity contribution is 9.10. The van der Waals surface area contributed by atoms with E-state index in [1.54, 1.807) is 11.8 Å². The predicted molar refractivity (Wildman–Crippen MR) is 117 cm³/mol. The second-order valence-electron chi connectivity index (χ2n) is 7.63. The molecule has 4 nitrogen and oxygen atoms in total. The summed E-state index contributed by atoms with van der Waals surface area (Å²) in [5, 5.41) is 2.94. The first-order chi connectivity index (χ1) is 13.3. The Morgan fingerprint density at radius 2 is 1.71 bits per heavy atom. The van der Waals surface area contributed by atoms with Gasteiger partial charge in [-0.3, -0.25) is 9.59 Å². The van der Waals surface area contributed by atoms with E-state index in [-0.39, 0.29) is 18.2 Å². The lowest BCUT2D eigenvalue weighted by atomic mass is 10.1. The summed E-state index contributed by atoms with van der Waals surface area (Å²) in [5.41, 5.74) is 3.09. The van der Waals surface area contributed by atoms with Crippen molar-refractivity contribution >= 4 is 27.7 Å². The van der Waals surface area contributed by atoms with Crippen LogP contribution in [0, 0.1) is 12.8 Å². The molecule has 2 rings (SSSR count). The number of aryl methyl sites for hydroxylation is 1. The highest BCUT2D eigenvalue weighted by Crippen LogP contribution is 2.17. The third-order valence-corrected chi connectivity index (χ3v) is 5.06. The van der Waals surface area contributed by atoms with Crippen LogP contribution in [-0.4, -0.2) is 29.3 Å². The summed E-state index contributed by atoms with van der Waals surface area (Å²) in [4.78, 5) is 27.4. The topological polar surface area (TPSA) is 49.4 Å². The van der Waals surface area contributed by atoms with Crippen molar-refractivity contribution in [2.45, 2.75) is 46.7 Å². The number of benzene rings is 2. The zero-order valence-electron chi connectivity index (χ0n) is 17.0. The molecule has 0 saturated carbocycles. The van der Waals surface area contributed by atoms with Gasteiger partial charge < -0.3 is 10.2 Å². The van der Waals surface area contributed by atoms with Crippen LogP contribution in [0.15, 0.2) is 53.0 Å². The van der Waals surface area contributed by atoms with Crippen LogP contribution in [0.1, 0.15) is 37.5 Å². The number of carbonyl (C=O) groups is 2. The number of rotatable bonds is 8. The normalized spacial score (nSPS) is 11.9. The summed E-state index contributed by atoms with van der Waals surface area (Å²) in [6, 6.07) is 15.2. The van der Waals surface area contributed by atoms with E-state index in [1.807, 2.05) is 69.3 Å². The smallest absolute Gasteiger partial charge is 0.242 e. The Labute approximate surface area is 176 Å². The van der Waals surface area contributed by atoms with Gasteiger partial charge in [0.15, 0.2) is 0 Å². The molecule has 0 heterocycles. The SMILES string of the molecule is Cc1ccc(CC(=O)N(Cc2cccc(Br)c2)[C@@H](C)C(=O)NCC(C)C)cc1. The first-order valence-electron chi connectivity index (χ1n) is 9.63. The zero-order valence-corrected chi connectivity index (χ0v) is 18.6. The van der Waals surface area contributed by atoms with E-state index in [1.165, 1.54) is 0 Å². The molecule has 2 amide bonds. The van der Waals surface area contributed by atoms with Gasteiger partial charge in [0, 0.05) is 17.6 Å². The van der Waals surface area contributed by atoms with Crippen LogP contribution >= 0.6 is 15.9 Å². The highest BCUT2D eigenvalue weighted by atomic mass is 79.9. The van der Waals surface area contributed by atoms with Crippen LogP contribution in [0.2, 0.25) is 0 Å². The standard InChI is InChI=1S/C23H29BrN2O2/c1-16(2)14-25-23(28)18(4)26(15-20-6-5-7-21(24)12-20)22(27)13-19-10-8-17(3)9-11-19/h5-12,16,18H,13-15H2,1-4H3,(H,25,28)/t18-/m0/s1. The number of carbonyl (C=O) groups excluding carboxylic acids is 2. The maximum atomic E-state index is 13.1. The Balaban J connectivity index is 2.19. The molecule has 0 aliphatic rings. The summed E-state index contributed by atoms with van der Waals surface area (Å²) in [5.74, 6) is 0.176. The maximum absolute atomic E-state index is 13.1. The van der Waals surface area contributed by atoms with Crippen LogP contribution < -0.4 is 5.32 Å². The molecule has 0 aliphatic carbocycles. The summed E-state index contributed by atoms with van der Waals surface area (Å²) in [6.07, 6.45) is 0.274. The van der Waals surface area contributed by atoms with E-state index in [9.17, 15) is 9.59 Å². The molecule has 0 unspecified atom stereocenters. The number of halogens is 1. The van der Waals surface area contributed by atoms with Crippen LogP contribution in [0.3, 0.4) is 0 Å². The summed E-state index contributed by atoms with van der Waals surface area (Å²) in [7, 11) is 0. The molecule has 5 heteroatoms. The molecular weight excluding hydrogens is 416 g/mol. The van der Waals surface area contributed by atoms with Crippen molar-refractivity contribution in [1.29, 1.82) is 0 Å². The molecule has 28 heavy (non-hydrogen) atoms. The van der Waals surface area contributed by atoms with Gasteiger partial charge in [-0.25, -0.2) is 0 Å². The maximum Gasteiger partial charge on any atom is 0.242 e. The van der Waals surface area contributed by atoms with Crippen LogP contribution in [0.5, 0.6) is 0 Å². The highest BCUT2D eigenvalue weighted by Gasteiger charge is 2.26. The van der Waals surface area contributed by atoms with Crippen molar-refractivity contribution in [3.63, 3.8) is 0 Å². The summed E-state index contributed by atoms with van der Waals surface area (Å²) < 4.78 is 0.952. The van der Waals surface area contributed by atoms with Gasteiger partial charge in [-0.1, -0.05) is 71.7 Å². The molecule has 0 aromatic heterocycles. The lowest BCUT2D eigenvalue weighted by Crippen LogP contribution is -2.48. The summed E-state index contributed by atoms with van der Waals surface area (Å²) >= 11 is 3.47.